The molecule has 3 saturated carbocycles. The minimum atomic E-state index is -0.619. The van der Waals surface area contributed by atoms with Crippen molar-refractivity contribution in [1.29, 1.82) is 0 Å². The molecule has 2 saturated heterocycles. The van der Waals surface area contributed by atoms with Gasteiger partial charge in [0.2, 0.25) is 0 Å². The number of nitrogens with zero attached hydrogens (tertiary/aromatic N) is 5. The van der Waals surface area contributed by atoms with Gasteiger partial charge >= 0.3 is 5.97 Å². The lowest BCUT2D eigenvalue weighted by Gasteiger charge is -2.71. The molecule has 2 bridgehead atoms. The van der Waals surface area contributed by atoms with Crippen LogP contribution >= 0.6 is 0 Å². The zero-order valence-electron chi connectivity index (χ0n) is 34.1. The van der Waals surface area contributed by atoms with E-state index >= 15 is 0 Å². The molecule has 10 nitrogen and oxygen atoms in total. The number of rotatable bonds is 9. The quantitative estimate of drug-likeness (QED) is 0.247. The fourth-order valence-corrected chi connectivity index (χ4v) is 13.8. The third-order valence-corrected chi connectivity index (χ3v) is 17.7. The van der Waals surface area contributed by atoms with Gasteiger partial charge in [-0.25, -0.2) is 0 Å². The van der Waals surface area contributed by atoms with E-state index in [0.29, 0.717) is 49.4 Å². The Morgan fingerprint density at radius 2 is 1.77 bits per heavy atom. The first kappa shape index (κ1) is 38.2. The number of hydrogen-bond acceptors (Lipinski definition) is 8. The molecule has 7 rings (SSSR count). The highest BCUT2D eigenvalue weighted by Gasteiger charge is 2.72. The molecule has 12 atom stereocenters. The van der Waals surface area contributed by atoms with Gasteiger partial charge in [-0.05, 0) is 122 Å². The summed E-state index contributed by atoms with van der Waals surface area (Å²) in [5.41, 5.74) is 6.32. The van der Waals surface area contributed by atoms with Crippen molar-refractivity contribution in [2.45, 2.75) is 145 Å². The SMILES string of the molecule is CC(C)[C@@H](C)[C@@]1(C)CC[C@]2(C)[C@H]3CC[C@@H]4[C@@]5(COC[C@@]4(C)[C@@H](OC[C@@](C)(C(C)C)N4CCCCC4)[C@H](n4nnc(N)n4)C5)C3=CC[C@@]2(C)[C@@H]1C(=O)O. The van der Waals surface area contributed by atoms with Crippen LogP contribution in [-0.2, 0) is 14.3 Å². The number of aliphatic carboxylic acids is 1. The minimum absolute atomic E-state index is 0.0912. The van der Waals surface area contributed by atoms with Crippen LogP contribution in [0, 0.1) is 62.6 Å². The molecule has 3 heterocycles. The second-order valence-corrected chi connectivity index (χ2v) is 20.4. The molecule has 6 aliphatic rings. The number of fused-ring (bicyclic) bond motifs is 3. The first-order valence-electron chi connectivity index (χ1n) is 20.8. The van der Waals surface area contributed by atoms with Crippen LogP contribution in [0.4, 0.5) is 5.95 Å². The monoisotopic (exact) mass is 723 g/mol. The third-order valence-electron chi connectivity index (χ3n) is 17.7. The van der Waals surface area contributed by atoms with Crippen molar-refractivity contribution in [3.63, 3.8) is 0 Å². The summed E-state index contributed by atoms with van der Waals surface area (Å²) in [7, 11) is 0. The lowest BCUT2D eigenvalue weighted by atomic mass is 9.34. The van der Waals surface area contributed by atoms with E-state index < -0.39 is 11.9 Å². The van der Waals surface area contributed by atoms with Crippen LogP contribution in [-0.4, -0.2) is 80.7 Å². The van der Waals surface area contributed by atoms with E-state index in [1.807, 2.05) is 0 Å². The molecule has 0 amide bonds. The fraction of sp³-hybridized carbons (Fsp3) is 0.905. The van der Waals surface area contributed by atoms with Crippen molar-refractivity contribution in [3.8, 4) is 0 Å². The number of hydrogen-bond donors (Lipinski definition) is 2. The van der Waals surface area contributed by atoms with Gasteiger partial charge in [-0.2, -0.15) is 4.80 Å². The van der Waals surface area contributed by atoms with Gasteiger partial charge in [-0.3, -0.25) is 9.69 Å². The number of ether oxygens (including phenoxy) is 2. The highest BCUT2D eigenvalue weighted by atomic mass is 16.5. The van der Waals surface area contributed by atoms with Gasteiger partial charge < -0.3 is 20.3 Å². The van der Waals surface area contributed by atoms with E-state index in [1.54, 1.807) is 4.80 Å². The van der Waals surface area contributed by atoms with Crippen LogP contribution in [0.3, 0.4) is 0 Å². The Hall–Kier alpha value is -2.04. The Morgan fingerprint density at radius 1 is 1.06 bits per heavy atom. The van der Waals surface area contributed by atoms with E-state index in [9.17, 15) is 9.90 Å². The van der Waals surface area contributed by atoms with Crippen molar-refractivity contribution >= 4 is 11.9 Å². The van der Waals surface area contributed by atoms with Crippen molar-refractivity contribution in [1.82, 2.24) is 25.1 Å². The number of carboxylic acids is 1. The number of nitrogen functional groups attached to an aromatic ring is 1. The molecule has 10 heteroatoms. The number of piperidine rings is 1. The Bertz CT molecular complexity index is 1540. The van der Waals surface area contributed by atoms with E-state index in [0.717, 1.165) is 51.6 Å². The van der Waals surface area contributed by atoms with Crippen LogP contribution < -0.4 is 5.73 Å². The van der Waals surface area contributed by atoms with Crippen LogP contribution in [0.1, 0.15) is 133 Å². The zero-order chi connectivity index (χ0) is 37.6. The highest BCUT2D eigenvalue weighted by Crippen LogP contribution is 2.75. The van der Waals surface area contributed by atoms with Crippen LogP contribution in [0.15, 0.2) is 11.6 Å². The summed E-state index contributed by atoms with van der Waals surface area (Å²) in [6, 6.07) is -0.151. The molecular formula is C42H70N6O4. The first-order valence-corrected chi connectivity index (χ1v) is 20.8. The Balaban J connectivity index is 1.29. The minimum Gasteiger partial charge on any atom is -0.481 e. The van der Waals surface area contributed by atoms with Gasteiger partial charge in [0, 0.05) is 16.4 Å². The molecule has 2 aliphatic heterocycles. The average molecular weight is 723 g/mol. The molecule has 0 radical (unpaired) electrons. The molecule has 1 aromatic heterocycles. The smallest absolute Gasteiger partial charge is 0.307 e. The van der Waals surface area contributed by atoms with Gasteiger partial charge in [-0.15, -0.1) is 5.10 Å². The van der Waals surface area contributed by atoms with Gasteiger partial charge in [0.1, 0.15) is 6.04 Å². The topological polar surface area (TPSA) is 129 Å². The second-order valence-electron chi connectivity index (χ2n) is 20.4. The molecule has 4 aliphatic carbocycles. The maximum absolute atomic E-state index is 13.5. The normalized spacial score (nSPS) is 43.9. The Morgan fingerprint density at radius 3 is 2.38 bits per heavy atom. The molecule has 0 unspecified atom stereocenters. The lowest BCUT2D eigenvalue weighted by molar-refractivity contribution is -0.256. The van der Waals surface area contributed by atoms with Gasteiger partial charge in [0.15, 0.2) is 0 Å². The largest absolute Gasteiger partial charge is 0.481 e. The number of nitrogens with two attached hydrogens (primary N) is 1. The lowest BCUT2D eigenvalue weighted by Crippen LogP contribution is -2.69. The number of carboxylic acid groups (broad SMARTS) is 1. The summed E-state index contributed by atoms with van der Waals surface area (Å²) in [5.74, 6) is 0.989. The van der Waals surface area contributed by atoms with Crippen LogP contribution in [0.2, 0.25) is 0 Å². The number of likely N-dealkylation sites (tertiary alicyclic amines) is 1. The molecule has 3 N–H and O–H groups in total. The van der Waals surface area contributed by atoms with E-state index in [4.69, 9.17) is 15.2 Å². The summed E-state index contributed by atoms with van der Waals surface area (Å²) >= 11 is 0. The first-order chi connectivity index (χ1) is 24.4. The van der Waals surface area contributed by atoms with Crippen LogP contribution in [0.5, 0.6) is 0 Å². The Labute approximate surface area is 313 Å². The maximum Gasteiger partial charge on any atom is 0.307 e. The molecule has 52 heavy (non-hydrogen) atoms. The summed E-state index contributed by atoms with van der Waals surface area (Å²) in [4.78, 5) is 18.0. The summed E-state index contributed by atoms with van der Waals surface area (Å²) < 4.78 is 14.2. The predicted octanol–water partition coefficient (Wildman–Crippen LogP) is 7.67. The highest BCUT2D eigenvalue weighted by molar-refractivity contribution is 5.73. The van der Waals surface area contributed by atoms with Crippen molar-refractivity contribution in [2.24, 2.45) is 62.6 Å². The molecule has 5 fully saturated rings. The fourth-order valence-electron chi connectivity index (χ4n) is 13.8. The zero-order valence-corrected chi connectivity index (χ0v) is 34.1. The number of anilines is 1. The number of tetrazole rings is 1. The van der Waals surface area contributed by atoms with Crippen LogP contribution in [0.25, 0.3) is 0 Å². The summed E-state index contributed by atoms with van der Waals surface area (Å²) in [5, 5.41) is 24.5. The van der Waals surface area contributed by atoms with Gasteiger partial charge in [0.25, 0.3) is 5.95 Å². The van der Waals surface area contributed by atoms with Crippen molar-refractivity contribution in [2.75, 3.05) is 38.6 Å². The van der Waals surface area contributed by atoms with Crippen molar-refractivity contribution < 1.29 is 19.4 Å². The third kappa shape index (κ3) is 5.32. The van der Waals surface area contributed by atoms with Crippen molar-refractivity contribution in [3.05, 3.63) is 11.6 Å². The molecule has 292 valence electrons. The maximum atomic E-state index is 13.5. The summed E-state index contributed by atoms with van der Waals surface area (Å²) in [6.07, 6.45) is 11.8. The number of allylic oxidation sites excluding steroid dienone is 1. The summed E-state index contributed by atoms with van der Waals surface area (Å²) in [6.45, 7) is 27.5. The molecule has 0 spiro atoms. The van der Waals surface area contributed by atoms with E-state index in [-0.39, 0.29) is 50.7 Å². The number of carbonyl (C=O) groups is 1. The molecule has 0 aromatic carbocycles. The van der Waals surface area contributed by atoms with Gasteiger partial charge in [-0.1, -0.05) is 85.5 Å². The van der Waals surface area contributed by atoms with E-state index in [2.05, 4.69) is 95.6 Å². The predicted molar refractivity (Wildman–Crippen MR) is 203 cm³/mol. The second kappa shape index (κ2) is 13.0. The molecule has 1 aromatic rings. The molecular weight excluding hydrogens is 653 g/mol. The number of aromatic nitrogens is 4. The Kier molecular flexibility index (Phi) is 9.58. The average Bonchev–Trinajstić information content (AvgIpc) is 3.53. The van der Waals surface area contributed by atoms with Gasteiger partial charge in [0.05, 0.1) is 31.8 Å². The standard InChI is InChI=1S/C42H70N6O4/c1-26(2)28(5)37(6)18-19-39(8)29-14-15-32-38(7)23-51-25-42(32,30(29)16-17-40(39,9)33(37)35(49)50)22-31(48-45-36(43)44-46-48)34(38)52-24-41(10,27(3)4)47-20-12-11-13-21-47/h16,26-29,31-34H,11-15,17-25H2,1-10H3,(H2,43,45)(H,49,50)/t28-,29+,31-,32+,33-,34+,37-,38-,39-,40+,41+,42+/m1/s1. The van der Waals surface area contributed by atoms with E-state index in [1.165, 1.54) is 24.8 Å².